The van der Waals surface area contributed by atoms with E-state index in [2.05, 4.69) is 5.16 Å². The predicted octanol–water partition coefficient (Wildman–Crippen LogP) is 3.10. The van der Waals surface area contributed by atoms with Gasteiger partial charge in [-0.15, -0.1) is 0 Å². The highest BCUT2D eigenvalue weighted by Crippen LogP contribution is 2.34. The van der Waals surface area contributed by atoms with Crippen molar-refractivity contribution in [3.8, 4) is 5.75 Å². The Bertz CT molecular complexity index is 1200. The molecule has 0 atom stereocenters. The lowest BCUT2D eigenvalue weighted by atomic mass is 10.2. The van der Waals surface area contributed by atoms with E-state index < -0.39 is 16.0 Å². The predicted molar refractivity (Wildman–Crippen MR) is 108 cm³/mol. The van der Waals surface area contributed by atoms with Crippen LogP contribution in [0.15, 0.2) is 57.9 Å². The van der Waals surface area contributed by atoms with E-state index >= 15 is 0 Å². The molecule has 0 saturated heterocycles. The third-order valence-corrected chi connectivity index (χ3v) is 6.66. The van der Waals surface area contributed by atoms with Gasteiger partial charge in [0.2, 0.25) is 0 Å². The van der Waals surface area contributed by atoms with Gasteiger partial charge >= 0.3 is 5.97 Å². The number of aryl methyl sites for hydroxylation is 1. The summed E-state index contributed by atoms with van der Waals surface area (Å²) < 4.78 is 43.3. The van der Waals surface area contributed by atoms with Crippen LogP contribution in [0.1, 0.15) is 27.4 Å². The van der Waals surface area contributed by atoms with Crippen molar-refractivity contribution in [3.05, 3.63) is 71.1 Å². The Morgan fingerprint density at radius 3 is 2.73 bits per heavy atom. The number of esters is 1. The number of hydrogen-bond donors (Lipinski definition) is 0. The monoisotopic (exact) mass is 428 g/mol. The van der Waals surface area contributed by atoms with Gasteiger partial charge in [0.05, 0.1) is 17.7 Å². The first-order chi connectivity index (χ1) is 14.4. The number of ether oxygens (including phenoxy) is 2. The molecule has 0 aliphatic carbocycles. The largest absolute Gasteiger partial charge is 0.496 e. The van der Waals surface area contributed by atoms with Crippen molar-refractivity contribution in [2.45, 2.75) is 24.8 Å². The van der Waals surface area contributed by atoms with Gasteiger partial charge in [0.25, 0.3) is 10.0 Å². The molecule has 2 heterocycles. The van der Waals surface area contributed by atoms with Crippen molar-refractivity contribution < 1.29 is 27.2 Å². The summed E-state index contributed by atoms with van der Waals surface area (Å²) in [4.78, 5) is 12.6. The molecule has 3 aromatic rings. The van der Waals surface area contributed by atoms with Gasteiger partial charge in [0.15, 0.2) is 0 Å². The number of rotatable bonds is 6. The van der Waals surface area contributed by atoms with Crippen LogP contribution in [0.25, 0.3) is 0 Å². The molecule has 30 heavy (non-hydrogen) atoms. The lowest BCUT2D eigenvalue weighted by Crippen LogP contribution is -2.29. The van der Waals surface area contributed by atoms with Crippen molar-refractivity contribution >= 4 is 21.7 Å². The Morgan fingerprint density at radius 2 is 2.00 bits per heavy atom. The second-order valence-electron chi connectivity index (χ2n) is 6.82. The second kappa shape index (κ2) is 7.83. The average molecular weight is 428 g/mol. The van der Waals surface area contributed by atoms with Gasteiger partial charge in [-0.3, -0.25) is 4.31 Å². The molecule has 0 amide bonds. The van der Waals surface area contributed by atoms with Gasteiger partial charge in [-0.2, -0.15) is 0 Å². The molecule has 0 bridgehead atoms. The molecule has 0 spiro atoms. The first kappa shape index (κ1) is 20.0. The fourth-order valence-electron chi connectivity index (χ4n) is 3.40. The highest BCUT2D eigenvalue weighted by Gasteiger charge is 2.31. The number of fused-ring (bicyclic) bond motifs is 1. The van der Waals surface area contributed by atoms with Gasteiger partial charge in [-0.25, -0.2) is 13.2 Å². The molecule has 0 saturated carbocycles. The summed E-state index contributed by atoms with van der Waals surface area (Å²) >= 11 is 0. The summed E-state index contributed by atoms with van der Waals surface area (Å²) in [6.07, 6.45) is 0.636. The zero-order chi connectivity index (χ0) is 21.3. The molecule has 0 unspecified atom stereocenters. The van der Waals surface area contributed by atoms with Crippen LogP contribution in [0.3, 0.4) is 0 Å². The quantitative estimate of drug-likeness (QED) is 0.556. The standard InChI is InChI=1S/C21H20N2O6S/c1-14-11-16(22-29-14)13-28-21(24)18-12-17(7-8-20(18)27-2)30(25,26)23-10-9-15-5-3-4-6-19(15)23/h3-8,11-12H,9-10,13H2,1-2H3. The fourth-order valence-corrected chi connectivity index (χ4v) is 4.93. The molecule has 0 fully saturated rings. The minimum absolute atomic E-state index is 0.00997. The Kier molecular flexibility index (Phi) is 5.21. The molecule has 1 aliphatic rings. The molecular formula is C21H20N2O6S. The Hall–Kier alpha value is -3.33. The maximum Gasteiger partial charge on any atom is 0.342 e. The lowest BCUT2D eigenvalue weighted by Gasteiger charge is -2.20. The van der Waals surface area contributed by atoms with Crippen molar-refractivity contribution in [1.82, 2.24) is 5.16 Å². The molecule has 8 nitrogen and oxygen atoms in total. The number of nitrogens with zero attached hydrogens (tertiary/aromatic N) is 2. The van der Waals surface area contributed by atoms with Gasteiger partial charge in [0, 0.05) is 12.6 Å². The second-order valence-corrected chi connectivity index (χ2v) is 8.69. The summed E-state index contributed by atoms with van der Waals surface area (Å²) in [6.45, 7) is 1.97. The Labute approximate surface area is 174 Å². The molecular weight excluding hydrogens is 408 g/mol. The van der Waals surface area contributed by atoms with Crippen molar-refractivity contribution in [2.75, 3.05) is 18.0 Å². The normalized spacial score (nSPS) is 13.2. The number of carbonyl (C=O) groups is 1. The Balaban J connectivity index is 1.63. The minimum Gasteiger partial charge on any atom is -0.496 e. The minimum atomic E-state index is -3.85. The van der Waals surface area contributed by atoms with Gasteiger partial charge in [0.1, 0.15) is 29.4 Å². The molecule has 9 heteroatoms. The molecule has 0 N–H and O–H groups in total. The summed E-state index contributed by atoms with van der Waals surface area (Å²) in [6, 6.07) is 13.2. The van der Waals surface area contributed by atoms with Gasteiger partial charge < -0.3 is 14.0 Å². The number of para-hydroxylation sites is 1. The van der Waals surface area contributed by atoms with Crippen LogP contribution in [0.4, 0.5) is 5.69 Å². The SMILES string of the molecule is COc1ccc(S(=O)(=O)N2CCc3ccccc32)cc1C(=O)OCc1cc(C)on1. The van der Waals surface area contributed by atoms with Crippen LogP contribution in [-0.4, -0.2) is 33.2 Å². The summed E-state index contributed by atoms with van der Waals surface area (Å²) in [5.74, 6) is 0.0982. The summed E-state index contributed by atoms with van der Waals surface area (Å²) in [5.41, 5.74) is 2.10. The van der Waals surface area contributed by atoms with E-state index in [1.54, 1.807) is 25.1 Å². The van der Waals surface area contributed by atoms with Crippen molar-refractivity contribution in [3.63, 3.8) is 0 Å². The van der Waals surface area contributed by atoms with Gasteiger partial charge in [-0.1, -0.05) is 23.4 Å². The van der Waals surface area contributed by atoms with E-state index in [1.165, 1.54) is 29.6 Å². The molecule has 0 radical (unpaired) electrons. The smallest absolute Gasteiger partial charge is 0.342 e. The van der Waals surface area contributed by atoms with Crippen LogP contribution in [-0.2, 0) is 27.8 Å². The van der Waals surface area contributed by atoms with E-state index in [4.69, 9.17) is 14.0 Å². The number of anilines is 1. The third-order valence-electron chi connectivity index (χ3n) is 4.85. The molecule has 2 aromatic carbocycles. The fraction of sp³-hybridized carbons (Fsp3) is 0.238. The number of carbonyl (C=O) groups excluding carboxylic acids is 1. The first-order valence-electron chi connectivity index (χ1n) is 9.28. The van der Waals surface area contributed by atoms with E-state index in [0.29, 0.717) is 30.1 Å². The highest BCUT2D eigenvalue weighted by molar-refractivity contribution is 7.92. The third kappa shape index (κ3) is 3.63. The number of aromatic nitrogens is 1. The number of benzene rings is 2. The molecule has 1 aliphatic heterocycles. The van der Waals surface area contributed by atoms with E-state index in [9.17, 15) is 13.2 Å². The number of sulfonamides is 1. The molecule has 156 valence electrons. The summed E-state index contributed by atoms with van der Waals surface area (Å²) in [7, 11) is -2.45. The van der Waals surface area contributed by atoms with E-state index in [0.717, 1.165) is 5.56 Å². The van der Waals surface area contributed by atoms with Crippen LogP contribution in [0.5, 0.6) is 5.75 Å². The zero-order valence-corrected chi connectivity index (χ0v) is 17.3. The van der Waals surface area contributed by atoms with E-state index in [1.807, 2.05) is 12.1 Å². The van der Waals surface area contributed by atoms with Crippen LogP contribution < -0.4 is 9.04 Å². The maximum absolute atomic E-state index is 13.3. The van der Waals surface area contributed by atoms with Crippen LogP contribution >= 0.6 is 0 Å². The van der Waals surface area contributed by atoms with Crippen LogP contribution in [0.2, 0.25) is 0 Å². The average Bonchev–Trinajstić information content (AvgIpc) is 3.37. The lowest BCUT2D eigenvalue weighted by molar-refractivity contribution is 0.0460. The van der Waals surface area contributed by atoms with Crippen molar-refractivity contribution in [2.24, 2.45) is 0 Å². The zero-order valence-electron chi connectivity index (χ0n) is 16.5. The van der Waals surface area contributed by atoms with E-state index in [-0.39, 0.29) is 22.8 Å². The Morgan fingerprint density at radius 1 is 1.20 bits per heavy atom. The topological polar surface area (TPSA) is 98.9 Å². The summed E-state index contributed by atoms with van der Waals surface area (Å²) in [5, 5.41) is 3.77. The number of methoxy groups -OCH3 is 1. The van der Waals surface area contributed by atoms with Crippen molar-refractivity contribution in [1.29, 1.82) is 0 Å². The van der Waals surface area contributed by atoms with Gasteiger partial charge in [-0.05, 0) is 43.2 Å². The first-order valence-corrected chi connectivity index (χ1v) is 10.7. The highest BCUT2D eigenvalue weighted by atomic mass is 32.2. The maximum atomic E-state index is 13.3. The van der Waals surface area contributed by atoms with Crippen LogP contribution in [0, 0.1) is 6.92 Å². The molecule has 4 rings (SSSR count). The molecule has 1 aromatic heterocycles. The number of hydrogen-bond acceptors (Lipinski definition) is 7.